The Labute approximate surface area is 145 Å². The molecule has 20 heavy (non-hydrogen) atoms. The standard InChI is InChI=1S/C18H39N.Te/c1-2-3-4-5-6-7-8-9-10-11-12-13-14-15-16-17-18-19;/h2-19H2,1H3;. The molecule has 0 heterocycles. The van der Waals surface area contributed by atoms with E-state index in [1.165, 1.54) is 103 Å². The fraction of sp³-hybridized carbons (Fsp3) is 1.00. The second-order valence-corrected chi connectivity index (χ2v) is 6.09. The van der Waals surface area contributed by atoms with E-state index >= 15 is 0 Å². The van der Waals surface area contributed by atoms with Crippen molar-refractivity contribution in [2.45, 2.75) is 110 Å². The SMILES string of the molecule is CCCCCCCCCCCCCCCCCCN.[Te]. The zero-order chi connectivity index (χ0) is 14.0. The summed E-state index contributed by atoms with van der Waals surface area (Å²) in [6.07, 6.45) is 22.9. The van der Waals surface area contributed by atoms with Gasteiger partial charge in [0.2, 0.25) is 0 Å². The van der Waals surface area contributed by atoms with Crippen molar-refractivity contribution in [2.75, 3.05) is 6.54 Å². The van der Waals surface area contributed by atoms with Crippen molar-refractivity contribution in [3.8, 4) is 0 Å². The van der Waals surface area contributed by atoms with Crippen LogP contribution in [0.15, 0.2) is 0 Å². The maximum absolute atomic E-state index is 5.48. The Morgan fingerprint density at radius 1 is 0.450 bits per heavy atom. The predicted molar refractivity (Wildman–Crippen MR) is 94.4 cm³/mol. The van der Waals surface area contributed by atoms with Crippen molar-refractivity contribution in [2.24, 2.45) is 5.73 Å². The van der Waals surface area contributed by atoms with Gasteiger partial charge in [-0.3, -0.25) is 0 Å². The molecular weight excluding hydrogens is 358 g/mol. The molecule has 0 atom stereocenters. The molecule has 0 aromatic carbocycles. The molecule has 0 unspecified atom stereocenters. The maximum atomic E-state index is 5.48. The van der Waals surface area contributed by atoms with Crippen molar-refractivity contribution in [3.63, 3.8) is 0 Å². The first-order valence-electron chi connectivity index (χ1n) is 9.12. The average Bonchev–Trinajstić information content (AvgIpc) is 2.43. The van der Waals surface area contributed by atoms with Crippen LogP contribution in [0.25, 0.3) is 0 Å². The van der Waals surface area contributed by atoms with Crippen LogP contribution < -0.4 is 5.73 Å². The zero-order valence-corrected chi connectivity index (χ0v) is 16.3. The molecule has 122 valence electrons. The second kappa shape index (κ2) is 22.0. The summed E-state index contributed by atoms with van der Waals surface area (Å²) in [5, 5.41) is 0. The van der Waals surface area contributed by atoms with Crippen LogP contribution in [0.5, 0.6) is 0 Å². The van der Waals surface area contributed by atoms with Gasteiger partial charge in [0.05, 0.1) is 0 Å². The van der Waals surface area contributed by atoms with Gasteiger partial charge in [-0.05, 0) is 13.0 Å². The molecule has 2 radical (unpaired) electrons. The summed E-state index contributed by atoms with van der Waals surface area (Å²) >= 11 is 0. The van der Waals surface area contributed by atoms with E-state index < -0.39 is 0 Å². The quantitative estimate of drug-likeness (QED) is 0.258. The molecule has 0 aliphatic carbocycles. The number of rotatable bonds is 16. The van der Waals surface area contributed by atoms with Gasteiger partial charge in [0.1, 0.15) is 0 Å². The molecule has 2 N–H and O–H groups in total. The zero-order valence-electron chi connectivity index (χ0n) is 14.0. The van der Waals surface area contributed by atoms with Crippen molar-refractivity contribution in [1.82, 2.24) is 0 Å². The third-order valence-corrected chi connectivity index (χ3v) is 4.06. The summed E-state index contributed by atoms with van der Waals surface area (Å²) in [7, 11) is 0. The van der Waals surface area contributed by atoms with E-state index in [9.17, 15) is 0 Å². The van der Waals surface area contributed by atoms with Gasteiger partial charge in [0.15, 0.2) is 0 Å². The topological polar surface area (TPSA) is 26.0 Å². The largest absolute Gasteiger partial charge is 0.330 e. The van der Waals surface area contributed by atoms with Crippen molar-refractivity contribution in [3.05, 3.63) is 0 Å². The van der Waals surface area contributed by atoms with Crippen LogP contribution in [0.4, 0.5) is 0 Å². The molecule has 0 aromatic heterocycles. The van der Waals surface area contributed by atoms with Crippen LogP contribution in [-0.4, -0.2) is 30.2 Å². The van der Waals surface area contributed by atoms with Gasteiger partial charge in [0, 0.05) is 23.7 Å². The molecule has 0 aliphatic rings. The van der Waals surface area contributed by atoms with Crippen LogP contribution in [0.1, 0.15) is 110 Å². The molecule has 0 saturated heterocycles. The second-order valence-electron chi connectivity index (χ2n) is 6.09. The number of hydrogen-bond donors (Lipinski definition) is 1. The minimum absolute atomic E-state index is 0. The van der Waals surface area contributed by atoms with E-state index in [0.717, 1.165) is 6.54 Å². The number of nitrogens with two attached hydrogens (primary N) is 1. The summed E-state index contributed by atoms with van der Waals surface area (Å²) in [5.41, 5.74) is 5.48. The van der Waals surface area contributed by atoms with Gasteiger partial charge in [-0.2, -0.15) is 0 Å². The summed E-state index contributed by atoms with van der Waals surface area (Å²) in [5.74, 6) is 0. The fourth-order valence-corrected chi connectivity index (χ4v) is 2.69. The smallest absolute Gasteiger partial charge is 0 e. The normalized spacial score (nSPS) is 10.5. The predicted octanol–water partition coefficient (Wildman–Crippen LogP) is 5.83. The first kappa shape index (κ1) is 23.0. The Kier molecular flexibility index (Phi) is 25.4. The molecular formula is C18H39NTe. The van der Waals surface area contributed by atoms with Crippen LogP contribution in [0.2, 0.25) is 0 Å². The van der Waals surface area contributed by atoms with Crippen LogP contribution in [-0.2, 0) is 0 Å². The van der Waals surface area contributed by atoms with E-state index in [0.29, 0.717) is 0 Å². The maximum Gasteiger partial charge on any atom is 0 e. The average molecular weight is 397 g/mol. The molecule has 1 nitrogen and oxygen atoms in total. The molecule has 0 rings (SSSR count). The fourth-order valence-electron chi connectivity index (χ4n) is 2.69. The Morgan fingerprint density at radius 3 is 0.950 bits per heavy atom. The van der Waals surface area contributed by atoms with Crippen molar-refractivity contribution < 1.29 is 0 Å². The van der Waals surface area contributed by atoms with Gasteiger partial charge >= 0.3 is 0 Å². The summed E-state index contributed by atoms with van der Waals surface area (Å²) in [6.45, 7) is 3.16. The molecule has 2 heteroatoms. The van der Waals surface area contributed by atoms with E-state index in [1.807, 2.05) is 0 Å². The van der Waals surface area contributed by atoms with Crippen molar-refractivity contribution >= 4 is 23.7 Å². The molecule has 0 amide bonds. The summed E-state index contributed by atoms with van der Waals surface area (Å²) in [6, 6.07) is 0. The summed E-state index contributed by atoms with van der Waals surface area (Å²) in [4.78, 5) is 0. The minimum Gasteiger partial charge on any atom is -0.330 e. The third-order valence-electron chi connectivity index (χ3n) is 4.06. The Balaban J connectivity index is 0. The monoisotopic (exact) mass is 399 g/mol. The van der Waals surface area contributed by atoms with Gasteiger partial charge in [-0.1, -0.05) is 103 Å². The number of unbranched alkanes of at least 4 members (excludes halogenated alkanes) is 15. The number of hydrogen-bond acceptors (Lipinski definition) is 1. The van der Waals surface area contributed by atoms with Crippen LogP contribution in [0.3, 0.4) is 0 Å². The molecule has 0 spiro atoms. The van der Waals surface area contributed by atoms with Gasteiger partial charge in [-0.25, -0.2) is 0 Å². The third kappa shape index (κ3) is 21.1. The molecule has 0 fully saturated rings. The molecule has 0 aliphatic heterocycles. The van der Waals surface area contributed by atoms with E-state index in [1.54, 1.807) is 0 Å². The molecule has 0 aromatic rings. The Bertz CT molecular complexity index is 134. The van der Waals surface area contributed by atoms with Crippen LogP contribution >= 0.6 is 0 Å². The molecule has 0 saturated carbocycles. The van der Waals surface area contributed by atoms with Crippen molar-refractivity contribution in [1.29, 1.82) is 0 Å². The van der Waals surface area contributed by atoms with E-state index in [2.05, 4.69) is 6.92 Å². The first-order valence-corrected chi connectivity index (χ1v) is 9.12. The van der Waals surface area contributed by atoms with E-state index in [-0.39, 0.29) is 23.7 Å². The molecule has 0 bridgehead atoms. The van der Waals surface area contributed by atoms with Gasteiger partial charge in [-0.15, -0.1) is 0 Å². The first-order chi connectivity index (χ1) is 9.41. The van der Waals surface area contributed by atoms with Crippen LogP contribution in [0, 0.1) is 0 Å². The summed E-state index contributed by atoms with van der Waals surface area (Å²) < 4.78 is 0. The Morgan fingerprint density at radius 2 is 0.700 bits per heavy atom. The minimum atomic E-state index is 0. The van der Waals surface area contributed by atoms with Gasteiger partial charge < -0.3 is 5.73 Å². The van der Waals surface area contributed by atoms with E-state index in [4.69, 9.17) is 5.73 Å². The Hall–Kier alpha value is 0.750. The van der Waals surface area contributed by atoms with Gasteiger partial charge in [0.25, 0.3) is 0 Å².